The van der Waals surface area contributed by atoms with Gasteiger partial charge in [-0.1, -0.05) is 6.07 Å². The van der Waals surface area contributed by atoms with Crippen molar-refractivity contribution in [2.75, 3.05) is 20.4 Å². The van der Waals surface area contributed by atoms with Gasteiger partial charge in [0.15, 0.2) is 23.0 Å². The van der Waals surface area contributed by atoms with E-state index >= 15 is 0 Å². The van der Waals surface area contributed by atoms with Crippen LogP contribution in [-0.2, 0) is 19.4 Å². The van der Waals surface area contributed by atoms with Gasteiger partial charge in [0.1, 0.15) is 6.20 Å². The van der Waals surface area contributed by atoms with Crippen LogP contribution in [0.3, 0.4) is 0 Å². The number of hydrogen-bond donors (Lipinski definition) is 0. The molecule has 3 aliphatic rings. The predicted molar refractivity (Wildman–Crippen MR) is 117 cm³/mol. The second-order valence-corrected chi connectivity index (χ2v) is 8.29. The molecule has 2 aromatic carbocycles. The SMILES string of the molecule is COc1ccc2c(c1Oc1ccc([N+](=O)[O-])cn1)CN1CCc3cc4c(cc3C1C2)OCO4. The van der Waals surface area contributed by atoms with Gasteiger partial charge in [0.05, 0.1) is 12.0 Å². The molecule has 4 heterocycles. The molecule has 1 unspecified atom stereocenters. The van der Waals surface area contributed by atoms with Crippen molar-refractivity contribution in [1.82, 2.24) is 9.88 Å². The van der Waals surface area contributed by atoms with Crippen molar-refractivity contribution >= 4 is 5.69 Å². The van der Waals surface area contributed by atoms with Gasteiger partial charge in [-0.05, 0) is 47.7 Å². The zero-order chi connectivity index (χ0) is 22.5. The summed E-state index contributed by atoms with van der Waals surface area (Å²) in [6, 6.07) is 11.4. The molecule has 9 nitrogen and oxygen atoms in total. The van der Waals surface area contributed by atoms with Crippen molar-refractivity contribution in [3.8, 4) is 28.9 Å². The van der Waals surface area contributed by atoms with Crippen molar-refractivity contribution in [2.24, 2.45) is 0 Å². The molecule has 0 fully saturated rings. The van der Waals surface area contributed by atoms with Crippen molar-refractivity contribution in [2.45, 2.75) is 25.4 Å². The summed E-state index contributed by atoms with van der Waals surface area (Å²) in [5.41, 5.74) is 4.74. The smallest absolute Gasteiger partial charge is 0.287 e. The molecule has 0 radical (unpaired) electrons. The van der Waals surface area contributed by atoms with Crippen molar-refractivity contribution in [3.63, 3.8) is 0 Å². The Labute approximate surface area is 189 Å². The predicted octanol–water partition coefficient (Wildman–Crippen LogP) is 4.17. The Balaban J connectivity index is 1.35. The molecule has 1 atom stereocenters. The number of nitrogens with zero attached hydrogens (tertiary/aromatic N) is 3. The first-order valence-corrected chi connectivity index (χ1v) is 10.7. The summed E-state index contributed by atoms with van der Waals surface area (Å²) in [7, 11) is 1.60. The Morgan fingerprint density at radius 3 is 2.76 bits per heavy atom. The summed E-state index contributed by atoms with van der Waals surface area (Å²) in [4.78, 5) is 17.0. The maximum atomic E-state index is 10.9. The highest BCUT2D eigenvalue weighted by molar-refractivity contribution is 5.56. The molecule has 0 saturated carbocycles. The minimum Gasteiger partial charge on any atom is -0.493 e. The van der Waals surface area contributed by atoms with Crippen LogP contribution >= 0.6 is 0 Å². The Morgan fingerprint density at radius 1 is 1.15 bits per heavy atom. The van der Waals surface area contributed by atoms with E-state index in [1.807, 2.05) is 6.07 Å². The maximum Gasteiger partial charge on any atom is 0.287 e. The van der Waals surface area contributed by atoms with E-state index in [4.69, 9.17) is 18.9 Å². The molecule has 1 aromatic heterocycles. The van der Waals surface area contributed by atoms with Crippen LogP contribution in [-0.4, -0.2) is 35.3 Å². The van der Waals surface area contributed by atoms with E-state index in [1.54, 1.807) is 7.11 Å². The highest BCUT2D eigenvalue weighted by Crippen LogP contribution is 2.47. The normalized spacial score (nSPS) is 18.2. The van der Waals surface area contributed by atoms with E-state index in [-0.39, 0.29) is 24.4 Å². The van der Waals surface area contributed by atoms with Gasteiger partial charge in [0.25, 0.3) is 5.69 Å². The van der Waals surface area contributed by atoms with E-state index in [1.165, 1.54) is 35.0 Å². The Morgan fingerprint density at radius 2 is 2.00 bits per heavy atom. The fourth-order valence-corrected chi connectivity index (χ4v) is 4.91. The largest absolute Gasteiger partial charge is 0.493 e. The van der Waals surface area contributed by atoms with Gasteiger partial charge in [0.2, 0.25) is 12.7 Å². The molecule has 0 amide bonds. The molecular weight excluding hydrogens is 426 g/mol. The highest BCUT2D eigenvalue weighted by Gasteiger charge is 2.35. The van der Waals surface area contributed by atoms with Gasteiger partial charge in [-0.2, -0.15) is 0 Å². The van der Waals surface area contributed by atoms with E-state index in [0.29, 0.717) is 18.0 Å². The fraction of sp³-hybridized carbons (Fsp3) is 0.292. The van der Waals surface area contributed by atoms with Crippen LogP contribution in [0.2, 0.25) is 0 Å². The van der Waals surface area contributed by atoms with Crippen LogP contribution < -0.4 is 18.9 Å². The first-order valence-electron chi connectivity index (χ1n) is 10.7. The first-order chi connectivity index (χ1) is 16.1. The summed E-state index contributed by atoms with van der Waals surface area (Å²) in [6.45, 7) is 1.89. The molecule has 0 N–H and O–H groups in total. The van der Waals surface area contributed by atoms with Crippen LogP contribution in [0.15, 0.2) is 42.6 Å². The molecular formula is C24H21N3O6. The van der Waals surface area contributed by atoms with Gasteiger partial charge in [0, 0.05) is 36.8 Å². The first kappa shape index (κ1) is 19.8. The number of fused-ring (bicyclic) bond motifs is 5. The van der Waals surface area contributed by atoms with Crippen LogP contribution in [0, 0.1) is 10.1 Å². The van der Waals surface area contributed by atoms with Crippen LogP contribution in [0.1, 0.15) is 28.3 Å². The van der Waals surface area contributed by atoms with Gasteiger partial charge in [-0.25, -0.2) is 4.98 Å². The molecule has 6 rings (SSSR count). The molecule has 3 aromatic rings. The number of ether oxygens (including phenoxy) is 4. The number of aromatic nitrogens is 1. The van der Waals surface area contributed by atoms with E-state index in [2.05, 4.69) is 28.1 Å². The topological polar surface area (TPSA) is 96.2 Å². The van der Waals surface area contributed by atoms with Gasteiger partial charge < -0.3 is 18.9 Å². The van der Waals surface area contributed by atoms with Gasteiger partial charge >= 0.3 is 0 Å². The number of rotatable bonds is 4. The number of nitro groups is 1. The third-order valence-corrected chi connectivity index (χ3v) is 6.56. The Hall–Kier alpha value is -3.85. The van der Waals surface area contributed by atoms with Crippen LogP contribution in [0.4, 0.5) is 5.69 Å². The van der Waals surface area contributed by atoms with Crippen LogP contribution in [0.5, 0.6) is 28.9 Å². The second kappa shape index (κ2) is 7.63. The lowest BCUT2D eigenvalue weighted by Gasteiger charge is -2.42. The summed E-state index contributed by atoms with van der Waals surface area (Å²) in [5, 5.41) is 10.9. The fourth-order valence-electron chi connectivity index (χ4n) is 4.91. The summed E-state index contributed by atoms with van der Waals surface area (Å²) in [6.07, 6.45) is 2.96. The quantitative estimate of drug-likeness (QED) is 0.434. The Bertz CT molecular complexity index is 1260. The zero-order valence-corrected chi connectivity index (χ0v) is 17.9. The summed E-state index contributed by atoms with van der Waals surface area (Å²) >= 11 is 0. The van der Waals surface area contributed by atoms with E-state index < -0.39 is 4.92 Å². The van der Waals surface area contributed by atoms with Crippen molar-refractivity contribution < 1.29 is 23.9 Å². The summed E-state index contributed by atoms with van der Waals surface area (Å²) < 4.78 is 22.9. The molecule has 0 aliphatic carbocycles. The average Bonchev–Trinajstić information content (AvgIpc) is 3.29. The molecule has 3 aliphatic heterocycles. The number of methoxy groups -OCH3 is 1. The lowest BCUT2D eigenvalue weighted by atomic mass is 9.83. The minimum absolute atomic E-state index is 0.0832. The van der Waals surface area contributed by atoms with Gasteiger partial charge in [-0.15, -0.1) is 0 Å². The minimum atomic E-state index is -0.484. The third-order valence-electron chi connectivity index (χ3n) is 6.56. The number of hydrogen-bond acceptors (Lipinski definition) is 8. The van der Waals surface area contributed by atoms with Crippen molar-refractivity contribution in [3.05, 3.63) is 75.0 Å². The van der Waals surface area contributed by atoms with Crippen LogP contribution in [0.25, 0.3) is 0 Å². The van der Waals surface area contributed by atoms with E-state index in [0.717, 1.165) is 36.4 Å². The highest BCUT2D eigenvalue weighted by atomic mass is 16.7. The molecule has 0 saturated heterocycles. The molecule has 168 valence electrons. The lowest BCUT2D eigenvalue weighted by Crippen LogP contribution is -2.39. The molecule has 33 heavy (non-hydrogen) atoms. The van der Waals surface area contributed by atoms with Crippen molar-refractivity contribution in [1.29, 1.82) is 0 Å². The average molecular weight is 447 g/mol. The molecule has 0 bridgehead atoms. The molecule has 0 spiro atoms. The second-order valence-electron chi connectivity index (χ2n) is 8.29. The monoisotopic (exact) mass is 447 g/mol. The van der Waals surface area contributed by atoms with Gasteiger partial charge in [-0.3, -0.25) is 15.0 Å². The standard InChI is InChI=1S/C24H21N3O6/c1-30-20-4-2-14-8-19-17-10-22-21(31-13-32-22)9-15(17)6-7-26(19)12-18(14)24(20)33-23-5-3-16(11-25-23)27(28)29/h2-5,9-11,19H,6-8,12-13H2,1H3. The third kappa shape index (κ3) is 3.32. The summed E-state index contributed by atoms with van der Waals surface area (Å²) in [5.74, 6) is 3.13. The maximum absolute atomic E-state index is 10.9. The number of benzene rings is 2. The number of pyridine rings is 1. The Kier molecular flexibility index (Phi) is 4.58. The lowest BCUT2D eigenvalue weighted by molar-refractivity contribution is -0.385. The molecule has 9 heteroatoms. The zero-order valence-electron chi connectivity index (χ0n) is 17.9. The van der Waals surface area contributed by atoms with E-state index in [9.17, 15) is 10.1 Å².